The first-order chi connectivity index (χ1) is 38.9. The van der Waals surface area contributed by atoms with Crippen LogP contribution in [0.2, 0.25) is 0 Å². The maximum atomic E-state index is 2.47. The fourth-order valence-electron chi connectivity index (χ4n) is 14.1. The molecule has 382 valence electrons. The summed E-state index contributed by atoms with van der Waals surface area (Å²) in [5, 5.41) is 0. The van der Waals surface area contributed by atoms with Gasteiger partial charge in [-0.3, -0.25) is 0 Å². The lowest BCUT2D eigenvalue weighted by Gasteiger charge is -2.57. The minimum Gasteiger partial charge on any atom is -0.311 e. The molecule has 4 aliphatic carbocycles. The largest absolute Gasteiger partial charge is 0.311 e. The molecule has 0 N–H and O–H groups in total. The Labute approximate surface area is 467 Å². The van der Waals surface area contributed by atoms with Crippen molar-refractivity contribution in [1.82, 2.24) is 0 Å². The van der Waals surface area contributed by atoms with Crippen molar-refractivity contribution in [3.63, 3.8) is 0 Å². The quantitative estimate of drug-likeness (QED) is 0.114. The Morgan fingerprint density at radius 2 is 0.443 bits per heavy atom. The van der Waals surface area contributed by atoms with Gasteiger partial charge in [0, 0.05) is 34.1 Å². The average Bonchev–Trinajstić information content (AvgIpc) is 3.70. The predicted octanol–water partition coefficient (Wildman–Crippen LogP) is 21.4. The molecule has 0 spiro atoms. The summed E-state index contributed by atoms with van der Waals surface area (Å²) in [5.41, 5.74) is 24.5. The third-order valence-electron chi connectivity index (χ3n) is 17.8. The van der Waals surface area contributed by atoms with E-state index >= 15 is 0 Å². The van der Waals surface area contributed by atoms with Crippen LogP contribution >= 0.6 is 0 Å². The number of benzene rings is 11. The zero-order valence-corrected chi connectivity index (χ0v) is 44.9. The molecule has 4 fully saturated rings. The van der Waals surface area contributed by atoms with Gasteiger partial charge in [-0.05, 0) is 214 Å². The first kappa shape index (κ1) is 48.4. The van der Waals surface area contributed by atoms with Crippen molar-refractivity contribution in [2.75, 3.05) is 9.80 Å². The van der Waals surface area contributed by atoms with Crippen molar-refractivity contribution in [1.29, 1.82) is 0 Å². The van der Waals surface area contributed by atoms with Crippen LogP contribution in [0, 0.1) is 24.7 Å². The fraction of sp³-hybridized carbons (Fsp3) is 0.143. The van der Waals surface area contributed by atoms with Gasteiger partial charge in [-0.15, -0.1) is 0 Å². The summed E-state index contributed by atoms with van der Waals surface area (Å²) in [6, 6.07) is 103. The highest BCUT2D eigenvalue weighted by atomic mass is 15.1. The topological polar surface area (TPSA) is 6.48 Å². The Hall–Kier alpha value is -8.98. The third-order valence-corrected chi connectivity index (χ3v) is 17.8. The van der Waals surface area contributed by atoms with Crippen LogP contribution in [0.3, 0.4) is 0 Å². The summed E-state index contributed by atoms with van der Waals surface area (Å²) in [4.78, 5) is 4.73. The molecule has 4 aliphatic rings. The van der Waals surface area contributed by atoms with Crippen LogP contribution in [0.5, 0.6) is 0 Å². The van der Waals surface area contributed by atoms with Crippen molar-refractivity contribution in [3.05, 3.63) is 290 Å². The molecule has 0 amide bonds. The molecular formula is C77H64N2. The van der Waals surface area contributed by atoms with E-state index in [9.17, 15) is 0 Å². The van der Waals surface area contributed by atoms with Gasteiger partial charge in [0.05, 0.1) is 0 Å². The maximum absolute atomic E-state index is 2.47. The van der Waals surface area contributed by atoms with Crippen molar-refractivity contribution in [2.24, 2.45) is 17.8 Å². The molecule has 0 unspecified atom stereocenters. The van der Waals surface area contributed by atoms with E-state index in [1.807, 2.05) is 0 Å². The predicted molar refractivity (Wildman–Crippen MR) is 333 cm³/mol. The molecule has 11 aromatic carbocycles. The van der Waals surface area contributed by atoms with Gasteiger partial charge in [-0.1, -0.05) is 212 Å². The maximum Gasteiger partial charge on any atom is 0.0462 e. The van der Waals surface area contributed by atoms with E-state index in [2.05, 4.69) is 296 Å². The summed E-state index contributed by atoms with van der Waals surface area (Å²) < 4.78 is 0. The molecule has 11 aromatic rings. The van der Waals surface area contributed by atoms with Crippen molar-refractivity contribution in [2.45, 2.75) is 50.9 Å². The molecule has 0 atom stereocenters. The highest BCUT2D eigenvalue weighted by Crippen LogP contribution is 2.61. The van der Waals surface area contributed by atoms with Gasteiger partial charge in [0.1, 0.15) is 0 Å². The second-order valence-electron chi connectivity index (χ2n) is 22.9. The van der Waals surface area contributed by atoms with E-state index in [4.69, 9.17) is 0 Å². The van der Waals surface area contributed by atoms with Crippen molar-refractivity contribution in [3.8, 4) is 66.8 Å². The van der Waals surface area contributed by atoms with E-state index < -0.39 is 0 Å². The van der Waals surface area contributed by atoms with Crippen LogP contribution in [0.25, 0.3) is 66.8 Å². The molecule has 0 aromatic heterocycles. The van der Waals surface area contributed by atoms with Crippen LogP contribution in [-0.2, 0) is 5.41 Å². The Morgan fingerprint density at radius 1 is 0.241 bits per heavy atom. The van der Waals surface area contributed by atoms with Crippen LogP contribution in [0.4, 0.5) is 34.1 Å². The minimum atomic E-state index is 0.417. The first-order valence-electron chi connectivity index (χ1n) is 28.5. The van der Waals surface area contributed by atoms with Gasteiger partial charge in [-0.25, -0.2) is 0 Å². The van der Waals surface area contributed by atoms with Gasteiger partial charge in [0.15, 0.2) is 0 Å². The number of rotatable bonds is 13. The lowest BCUT2D eigenvalue weighted by Crippen LogP contribution is -2.48. The zero-order chi connectivity index (χ0) is 52.7. The normalized spacial score (nSPS) is 18.1. The second-order valence-corrected chi connectivity index (χ2v) is 22.9. The van der Waals surface area contributed by atoms with Crippen LogP contribution < -0.4 is 9.80 Å². The molecular weight excluding hydrogens is 953 g/mol. The number of nitrogens with zero attached hydrogens (tertiary/aromatic N) is 2. The Kier molecular flexibility index (Phi) is 12.7. The molecule has 0 heterocycles. The van der Waals surface area contributed by atoms with Gasteiger partial charge in [0.2, 0.25) is 0 Å². The van der Waals surface area contributed by atoms with E-state index in [0.717, 1.165) is 51.9 Å². The molecule has 0 saturated heterocycles. The van der Waals surface area contributed by atoms with Gasteiger partial charge < -0.3 is 9.80 Å². The standard InChI is InChI=1S/C77H64N2/c1-54-12-14-60(15-13-54)66-26-40-73(41-27-66)78(71-36-22-64(23-37-71)58-8-4-2-5-9-58)74-42-28-67(29-43-74)61-16-18-62(19-17-61)68-30-44-75(45-31-68)79(72-38-24-65(25-39-72)59-10-6-3-7-11-59)76-46-32-69(33-47-76)63-20-34-70(35-21-63)77-51-55-48-56(52-77)50-57(49-55)53-77/h2-47,55-57H,48-53H2,1H3. The summed E-state index contributed by atoms with van der Waals surface area (Å²) in [5.74, 6) is 2.85. The molecule has 0 radical (unpaired) electrons. The highest BCUT2D eigenvalue weighted by Gasteiger charge is 2.51. The van der Waals surface area contributed by atoms with Crippen LogP contribution in [0.15, 0.2) is 279 Å². The van der Waals surface area contributed by atoms with Crippen LogP contribution in [-0.4, -0.2) is 0 Å². The molecule has 79 heavy (non-hydrogen) atoms. The van der Waals surface area contributed by atoms with E-state index in [-0.39, 0.29) is 0 Å². The SMILES string of the molecule is Cc1ccc(-c2ccc(N(c3ccc(-c4ccccc4)cc3)c3ccc(-c4ccc(-c5ccc(N(c6ccc(-c7ccccc7)cc6)c6ccc(-c7ccc(C89CC%10CC(CC(C%10)C8)C9)cc7)cc6)cc5)cc4)cc3)cc2)cc1. The minimum absolute atomic E-state index is 0.417. The number of aryl methyl sites for hydroxylation is 1. The lowest BCUT2D eigenvalue weighted by molar-refractivity contribution is -0.00518. The number of anilines is 6. The molecule has 2 heteroatoms. The smallest absolute Gasteiger partial charge is 0.0462 e. The Balaban J connectivity index is 0.715. The summed E-state index contributed by atoms with van der Waals surface area (Å²) in [6.45, 7) is 2.13. The molecule has 4 saturated carbocycles. The molecule has 0 aliphatic heterocycles. The first-order valence-corrected chi connectivity index (χ1v) is 28.5. The Morgan fingerprint density at radius 3 is 0.696 bits per heavy atom. The van der Waals surface area contributed by atoms with Crippen molar-refractivity contribution >= 4 is 34.1 Å². The van der Waals surface area contributed by atoms with E-state index in [1.165, 1.54) is 111 Å². The molecule has 2 nitrogen and oxygen atoms in total. The van der Waals surface area contributed by atoms with Crippen LogP contribution in [0.1, 0.15) is 49.7 Å². The van der Waals surface area contributed by atoms with E-state index in [0.29, 0.717) is 5.41 Å². The molecule has 15 rings (SSSR count). The lowest BCUT2D eigenvalue weighted by atomic mass is 9.48. The zero-order valence-electron chi connectivity index (χ0n) is 44.9. The van der Waals surface area contributed by atoms with Gasteiger partial charge >= 0.3 is 0 Å². The summed E-state index contributed by atoms with van der Waals surface area (Å²) in [7, 11) is 0. The fourth-order valence-corrected chi connectivity index (χ4v) is 14.1. The monoisotopic (exact) mass is 1020 g/mol. The number of hydrogen-bond donors (Lipinski definition) is 0. The average molecular weight is 1020 g/mol. The highest BCUT2D eigenvalue weighted by molar-refractivity contribution is 5.84. The third kappa shape index (κ3) is 9.78. The molecule has 4 bridgehead atoms. The van der Waals surface area contributed by atoms with Crippen molar-refractivity contribution < 1.29 is 0 Å². The number of hydrogen-bond acceptors (Lipinski definition) is 2. The summed E-state index contributed by atoms with van der Waals surface area (Å²) >= 11 is 0. The summed E-state index contributed by atoms with van der Waals surface area (Å²) in [6.07, 6.45) is 8.64. The Bertz CT molecular complexity index is 3790. The second kappa shape index (κ2) is 20.8. The van der Waals surface area contributed by atoms with Gasteiger partial charge in [0.25, 0.3) is 0 Å². The van der Waals surface area contributed by atoms with E-state index in [1.54, 1.807) is 5.56 Å². The van der Waals surface area contributed by atoms with Gasteiger partial charge in [-0.2, -0.15) is 0 Å².